The monoisotopic (exact) mass is 793 g/mol. The molecule has 0 saturated heterocycles. The summed E-state index contributed by atoms with van der Waals surface area (Å²) < 4.78 is 16.7. The summed E-state index contributed by atoms with van der Waals surface area (Å²) in [4.78, 5) is 37.7. The average Bonchev–Trinajstić information content (AvgIpc) is 3.21. The third-order valence-corrected chi connectivity index (χ3v) is 9.49. The Bertz CT molecular complexity index is 1140. The average molecular weight is 793 g/mol. The summed E-state index contributed by atoms with van der Waals surface area (Å²) in [5, 5.41) is 0. The molecule has 0 bridgehead atoms. The van der Waals surface area contributed by atoms with Gasteiger partial charge < -0.3 is 14.2 Å². The summed E-state index contributed by atoms with van der Waals surface area (Å²) >= 11 is 0. The van der Waals surface area contributed by atoms with Gasteiger partial charge in [0.15, 0.2) is 6.10 Å². The molecule has 0 spiro atoms. The summed E-state index contributed by atoms with van der Waals surface area (Å²) in [6.45, 7) is 6.31. The second-order valence-electron chi connectivity index (χ2n) is 15.0. The number of hydrogen-bond donors (Lipinski definition) is 0. The van der Waals surface area contributed by atoms with Crippen molar-refractivity contribution < 1.29 is 28.6 Å². The van der Waals surface area contributed by atoms with Gasteiger partial charge in [-0.1, -0.05) is 196 Å². The van der Waals surface area contributed by atoms with Gasteiger partial charge in [0, 0.05) is 19.3 Å². The normalized spacial score (nSPS) is 12.8. The highest BCUT2D eigenvalue weighted by Crippen LogP contribution is 2.13. The van der Waals surface area contributed by atoms with Crippen molar-refractivity contribution >= 4 is 17.9 Å². The summed E-state index contributed by atoms with van der Waals surface area (Å²) in [7, 11) is 0. The van der Waals surface area contributed by atoms with E-state index in [2.05, 4.69) is 69.4 Å². The number of carbonyl (C=O) groups is 3. The van der Waals surface area contributed by atoms with E-state index in [1.54, 1.807) is 0 Å². The van der Waals surface area contributed by atoms with E-state index in [4.69, 9.17) is 14.2 Å². The number of esters is 3. The highest BCUT2D eigenvalue weighted by molar-refractivity contribution is 5.71. The highest BCUT2D eigenvalue weighted by atomic mass is 16.6. The first-order valence-corrected chi connectivity index (χ1v) is 23.1. The van der Waals surface area contributed by atoms with Crippen LogP contribution in [-0.2, 0) is 28.6 Å². The van der Waals surface area contributed by atoms with E-state index in [1.807, 2.05) is 36.5 Å². The molecule has 0 aromatic rings. The number of rotatable bonds is 40. The quantitative estimate of drug-likeness (QED) is 0.0202. The zero-order valence-corrected chi connectivity index (χ0v) is 36.8. The first-order chi connectivity index (χ1) is 28.0. The summed E-state index contributed by atoms with van der Waals surface area (Å²) in [6.07, 6.45) is 57.1. The van der Waals surface area contributed by atoms with Crippen LogP contribution in [0.1, 0.15) is 201 Å². The molecule has 1 unspecified atom stereocenters. The third-order valence-electron chi connectivity index (χ3n) is 9.49. The van der Waals surface area contributed by atoms with Crippen LogP contribution in [-0.4, -0.2) is 37.2 Å². The molecule has 0 radical (unpaired) electrons. The lowest BCUT2D eigenvalue weighted by Gasteiger charge is -2.18. The minimum Gasteiger partial charge on any atom is -0.462 e. The van der Waals surface area contributed by atoms with Gasteiger partial charge in [-0.15, -0.1) is 0 Å². The molecule has 0 N–H and O–H groups in total. The zero-order valence-electron chi connectivity index (χ0n) is 36.8. The van der Waals surface area contributed by atoms with Crippen LogP contribution < -0.4 is 0 Å². The molecule has 0 saturated carbocycles. The van der Waals surface area contributed by atoms with Crippen LogP contribution in [0.5, 0.6) is 0 Å². The van der Waals surface area contributed by atoms with Crippen molar-refractivity contribution in [2.24, 2.45) is 0 Å². The third kappa shape index (κ3) is 43.6. The summed E-state index contributed by atoms with van der Waals surface area (Å²) in [5.41, 5.74) is 0. The lowest BCUT2D eigenvalue weighted by Crippen LogP contribution is -2.30. The van der Waals surface area contributed by atoms with Crippen LogP contribution in [0.2, 0.25) is 0 Å². The van der Waals surface area contributed by atoms with E-state index in [0.29, 0.717) is 19.3 Å². The van der Waals surface area contributed by atoms with Gasteiger partial charge in [-0.3, -0.25) is 14.4 Å². The minimum atomic E-state index is -0.799. The lowest BCUT2D eigenvalue weighted by molar-refractivity contribution is -0.167. The van der Waals surface area contributed by atoms with Gasteiger partial charge in [0.2, 0.25) is 0 Å². The van der Waals surface area contributed by atoms with Crippen LogP contribution in [0.4, 0.5) is 0 Å². The standard InChI is InChI=1S/C51H84O6/c1-4-7-10-13-16-19-22-24-25-26-28-29-32-35-38-41-44-50(53)56-47-48(46-55-49(52)43-40-37-34-31-21-18-15-12-9-6-3)57-51(54)45-42-39-36-33-30-27-23-20-17-14-11-8-5-2/h7-8,10-11,14,16-17,19-20,23-25,27,30,48H,4-6,9,12-13,15,18,21-22,26,28-29,31-47H2,1-3H3/b10-7-,11-8-,17-14-,19-16-,23-20-,25-24-,30-27-. The van der Waals surface area contributed by atoms with Crippen molar-refractivity contribution in [3.8, 4) is 0 Å². The number of allylic oxidation sites excluding steroid dienone is 14. The van der Waals surface area contributed by atoms with Gasteiger partial charge in [0.05, 0.1) is 0 Å². The van der Waals surface area contributed by atoms with Crippen molar-refractivity contribution in [1.29, 1.82) is 0 Å². The fourth-order valence-corrected chi connectivity index (χ4v) is 6.05. The molecule has 0 fully saturated rings. The Morgan fingerprint density at radius 2 is 0.772 bits per heavy atom. The van der Waals surface area contributed by atoms with Crippen molar-refractivity contribution in [1.82, 2.24) is 0 Å². The van der Waals surface area contributed by atoms with Crippen molar-refractivity contribution in [2.75, 3.05) is 13.2 Å². The predicted molar refractivity (Wildman–Crippen MR) is 242 cm³/mol. The molecule has 6 nitrogen and oxygen atoms in total. The van der Waals surface area contributed by atoms with Crippen LogP contribution in [0.15, 0.2) is 85.1 Å². The van der Waals surface area contributed by atoms with Crippen molar-refractivity contribution in [3.05, 3.63) is 85.1 Å². The largest absolute Gasteiger partial charge is 0.462 e. The molecular formula is C51H84O6. The molecule has 1 atom stereocenters. The molecule has 0 rings (SSSR count). The number of hydrogen-bond acceptors (Lipinski definition) is 6. The molecular weight excluding hydrogens is 709 g/mol. The van der Waals surface area contributed by atoms with E-state index in [1.165, 1.54) is 64.2 Å². The number of ether oxygens (including phenoxy) is 3. The SMILES string of the molecule is CC\C=C/C=C\C=C/C=C\CCCCCC(=O)OC(COC(=O)CCCCCCCC/C=C\C/C=C\C/C=C\CC)COC(=O)CCCCCCCCCCCC. The van der Waals surface area contributed by atoms with E-state index >= 15 is 0 Å². The summed E-state index contributed by atoms with van der Waals surface area (Å²) in [6, 6.07) is 0. The smallest absolute Gasteiger partial charge is 0.306 e. The Kier molecular flexibility index (Phi) is 42.6. The summed E-state index contributed by atoms with van der Waals surface area (Å²) in [5.74, 6) is -0.957. The fourth-order valence-electron chi connectivity index (χ4n) is 6.05. The molecule has 324 valence electrons. The van der Waals surface area contributed by atoms with Gasteiger partial charge in [0.25, 0.3) is 0 Å². The number of carbonyl (C=O) groups excluding carboxylic acids is 3. The van der Waals surface area contributed by atoms with Gasteiger partial charge in [-0.2, -0.15) is 0 Å². The van der Waals surface area contributed by atoms with E-state index in [9.17, 15) is 14.4 Å². The maximum Gasteiger partial charge on any atom is 0.306 e. The molecule has 0 heterocycles. The van der Waals surface area contributed by atoms with E-state index in [-0.39, 0.29) is 37.5 Å². The molecule has 0 aromatic heterocycles. The van der Waals surface area contributed by atoms with Crippen LogP contribution in [0, 0.1) is 0 Å². The second kappa shape index (κ2) is 45.3. The Morgan fingerprint density at radius 1 is 0.386 bits per heavy atom. The van der Waals surface area contributed by atoms with Gasteiger partial charge in [-0.25, -0.2) is 0 Å². The molecule has 0 aliphatic rings. The zero-order chi connectivity index (χ0) is 41.5. The first kappa shape index (κ1) is 53.6. The Balaban J connectivity index is 4.45. The van der Waals surface area contributed by atoms with Gasteiger partial charge in [-0.05, 0) is 70.6 Å². The Hall–Kier alpha value is -3.41. The van der Waals surface area contributed by atoms with Crippen molar-refractivity contribution in [2.45, 2.75) is 207 Å². The minimum absolute atomic E-state index is 0.0967. The molecule has 0 aliphatic heterocycles. The maximum atomic E-state index is 12.7. The van der Waals surface area contributed by atoms with E-state index < -0.39 is 6.10 Å². The highest BCUT2D eigenvalue weighted by Gasteiger charge is 2.19. The van der Waals surface area contributed by atoms with Gasteiger partial charge in [0.1, 0.15) is 13.2 Å². The molecule has 0 amide bonds. The second-order valence-corrected chi connectivity index (χ2v) is 15.0. The molecule has 57 heavy (non-hydrogen) atoms. The number of unbranched alkanes of at least 4 members (excludes halogenated alkanes) is 18. The van der Waals surface area contributed by atoms with Crippen LogP contribution >= 0.6 is 0 Å². The Labute approximate surface area is 350 Å². The van der Waals surface area contributed by atoms with Crippen LogP contribution in [0.25, 0.3) is 0 Å². The van der Waals surface area contributed by atoms with E-state index in [0.717, 1.165) is 89.9 Å². The molecule has 6 heteroatoms. The maximum absolute atomic E-state index is 12.7. The predicted octanol–water partition coefficient (Wildman–Crippen LogP) is 14.9. The Morgan fingerprint density at radius 3 is 1.30 bits per heavy atom. The first-order valence-electron chi connectivity index (χ1n) is 23.1. The topological polar surface area (TPSA) is 78.9 Å². The fraction of sp³-hybridized carbons (Fsp3) is 0.667. The molecule has 0 aliphatic carbocycles. The van der Waals surface area contributed by atoms with Crippen LogP contribution in [0.3, 0.4) is 0 Å². The molecule has 0 aromatic carbocycles. The lowest BCUT2D eigenvalue weighted by atomic mass is 10.1. The van der Waals surface area contributed by atoms with Crippen molar-refractivity contribution in [3.63, 3.8) is 0 Å². The van der Waals surface area contributed by atoms with Gasteiger partial charge >= 0.3 is 17.9 Å².